The summed E-state index contributed by atoms with van der Waals surface area (Å²) in [6.45, 7) is 4.95. The minimum atomic E-state index is -4.96. The van der Waals surface area contributed by atoms with Crippen LogP contribution in [0, 0.1) is 0 Å². The van der Waals surface area contributed by atoms with E-state index >= 15 is 0 Å². The first-order valence-corrected chi connectivity index (χ1v) is 43.3. The minimum absolute atomic E-state index is 0.108. The highest BCUT2D eigenvalue weighted by atomic mass is 31.2. The maximum absolute atomic E-state index is 13.1. The number of carbonyl (C=O) groups is 4. The number of aliphatic hydroxyl groups excluding tert-OH is 1. The van der Waals surface area contributed by atoms with Gasteiger partial charge in [0.15, 0.2) is 12.2 Å². The van der Waals surface area contributed by atoms with Gasteiger partial charge < -0.3 is 33.8 Å². The van der Waals surface area contributed by atoms with Gasteiger partial charge in [-0.15, -0.1) is 0 Å². The Morgan fingerprint density at radius 1 is 0.250 bits per heavy atom. The molecular weight excluding hydrogens is 1260 g/mol. The van der Waals surface area contributed by atoms with Gasteiger partial charge in [-0.2, -0.15) is 0 Å². The van der Waals surface area contributed by atoms with Crippen molar-refractivity contribution in [2.75, 3.05) is 39.6 Å². The van der Waals surface area contributed by atoms with Gasteiger partial charge >= 0.3 is 39.5 Å². The Labute approximate surface area is 588 Å². The third kappa shape index (κ3) is 70.5. The van der Waals surface area contributed by atoms with Crippen LogP contribution in [0.15, 0.2) is 0 Å². The zero-order valence-electron chi connectivity index (χ0n) is 62.4. The topological polar surface area (TPSA) is 237 Å². The van der Waals surface area contributed by atoms with Crippen LogP contribution in [0.25, 0.3) is 0 Å². The average molecular weight is 1410 g/mol. The molecule has 19 heteroatoms. The number of unbranched alkanes of at least 4 members (excludes halogenated alkanes) is 52. The molecule has 0 aliphatic carbocycles. The highest BCUT2D eigenvalue weighted by Gasteiger charge is 2.30. The van der Waals surface area contributed by atoms with Gasteiger partial charge in [0, 0.05) is 25.7 Å². The maximum atomic E-state index is 13.1. The third-order valence-corrected chi connectivity index (χ3v) is 20.0. The maximum Gasteiger partial charge on any atom is 0.472 e. The molecule has 0 fully saturated rings. The summed E-state index contributed by atoms with van der Waals surface area (Å²) in [5.74, 6) is -2.12. The van der Waals surface area contributed by atoms with E-state index in [1.807, 2.05) is 0 Å². The van der Waals surface area contributed by atoms with Crippen molar-refractivity contribution in [3.8, 4) is 0 Å². The molecule has 0 saturated heterocycles. The van der Waals surface area contributed by atoms with E-state index in [1.165, 1.54) is 231 Å². The molecule has 0 rings (SSSR count). The van der Waals surface area contributed by atoms with Crippen LogP contribution in [0.1, 0.15) is 413 Å². The standard InChI is InChI=1S/C77H150O17P2/c1-5-9-13-17-21-24-27-30-32-33-34-35-36-37-38-40-42-45-48-52-56-60-64-77(82)94-73(68-88-75(80)62-58-54-50-46-44-41-39-31-28-25-22-18-14-10-6-2)70-92-96(85,86)90-66-71(78)65-89-95(83,84)91-69-72(67-87-74(79)61-57-53-49-20-16-12-8-4)93-76(81)63-59-55-51-47-43-29-26-23-19-15-11-7-3/h71-73,78H,5-70H2,1-4H3,(H,83,84)(H,85,86)/t71-,72+,73+/m0/s1. The highest BCUT2D eigenvalue weighted by Crippen LogP contribution is 2.45. The molecule has 0 bridgehead atoms. The number of hydrogen-bond donors (Lipinski definition) is 3. The van der Waals surface area contributed by atoms with Crippen LogP contribution in [0.3, 0.4) is 0 Å². The number of aliphatic hydroxyl groups is 1. The smallest absolute Gasteiger partial charge is 0.462 e. The molecule has 0 aromatic heterocycles. The fourth-order valence-corrected chi connectivity index (χ4v) is 13.5. The van der Waals surface area contributed by atoms with Crippen LogP contribution >= 0.6 is 15.6 Å². The second-order valence-electron chi connectivity index (χ2n) is 27.7. The zero-order valence-corrected chi connectivity index (χ0v) is 64.1. The molecule has 0 amide bonds. The molecule has 3 N–H and O–H groups in total. The molecule has 0 aliphatic heterocycles. The lowest BCUT2D eigenvalue weighted by Crippen LogP contribution is -2.30. The first-order valence-electron chi connectivity index (χ1n) is 40.3. The first kappa shape index (κ1) is 94.1. The van der Waals surface area contributed by atoms with Crippen molar-refractivity contribution in [3.05, 3.63) is 0 Å². The Hall–Kier alpha value is -1.94. The molecule has 0 radical (unpaired) electrons. The lowest BCUT2D eigenvalue weighted by molar-refractivity contribution is -0.161. The largest absolute Gasteiger partial charge is 0.472 e. The molecule has 0 aliphatic rings. The second-order valence-corrected chi connectivity index (χ2v) is 30.7. The van der Waals surface area contributed by atoms with Gasteiger partial charge in [-0.3, -0.25) is 37.3 Å². The number of phosphoric ester groups is 2. The van der Waals surface area contributed by atoms with E-state index in [0.29, 0.717) is 25.7 Å². The van der Waals surface area contributed by atoms with Crippen molar-refractivity contribution in [2.45, 2.75) is 431 Å². The number of esters is 4. The van der Waals surface area contributed by atoms with E-state index in [-0.39, 0.29) is 25.7 Å². The van der Waals surface area contributed by atoms with Crippen molar-refractivity contribution in [1.29, 1.82) is 0 Å². The number of phosphoric acid groups is 2. The van der Waals surface area contributed by atoms with Gasteiger partial charge in [0.2, 0.25) is 0 Å². The monoisotopic (exact) mass is 1410 g/mol. The van der Waals surface area contributed by atoms with Crippen LogP contribution in [0.2, 0.25) is 0 Å². The Kier molecular flexibility index (Phi) is 70.0. The van der Waals surface area contributed by atoms with Crippen molar-refractivity contribution in [1.82, 2.24) is 0 Å². The van der Waals surface area contributed by atoms with Gasteiger partial charge in [-0.1, -0.05) is 362 Å². The summed E-state index contributed by atoms with van der Waals surface area (Å²) in [4.78, 5) is 72.7. The molecular formula is C77H150O17P2. The summed E-state index contributed by atoms with van der Waals surface area (Å²) in [7, 11) is -9.90. The number of rotatable bonds is 78. The minimum Gasteiger partial charge on any atom is -0.462 e. The molecule has 0 aromatic rings. The van der Waals surface area contributed by atoms with Gasteiger partial charge in [0.25, 0.3) is 0 Å². The second kappa shape index (κ2) is 71.5. The molecule has 0 spiro atoms. The molecule has 5 atom stereocenters. The van der Waals surface area contributed by atoms with E-state index in [1.54, 1.807) is 0 Å². The van der Waals surface area contributed by atoms with Crippen molar-refractivity contribution >= 4 is 39.5 Å². The summed E-state index contributed by atoms with van der Waals surface area (Å²) in [6, 6.07) is 0. The summed E-state index contributed by atoms with van der Waals surface area (Å²) in [5.41, 5.74) is 0. The summed E-state index contributed by atoms with van der Waals surface area (Å²) in [5, 5.41) is 10.6. The Morgan fingerprint density at radius 3 is 0.615 bits per heavy atom. The summed E-state index contributed by atoms with van der Waals surface area (Å²) < 4.78 is 68.4. The number of ether oxygens (including phenoxy) is 4. The quantitative estimate of drug-likeness (QED) is 0.0222. The predicted molar refractivity (Wildman–Crippen MR) is 391 cm³/mol. The fraction of sp³-hybridized carbons (Fsp3) is 0.948. The lowest BCUT2D eigenvalue weighted by Gasteiger charge is -2.21. The van der Waals surface area contributed by atoms with E-state index < -0.39 is 97.5 Å². The first-order chi connectivity index (χ1) is 46.7. The van der Waals surface area contributed by atoms with E-state index in [4.69, 9.17) is 37.0 Å². The molecule has 0 saturated carbocycles. The fourth-order valence-electron chi connectivity index (χ4n) is 11.9. The molecule has 2 unspecified atom stereocenters. The molecule has 0 aromatic carbocycles. The Bertz CT molecular complexity index is 1830. The van der Waals surface area contributed by atoms with Crippen molar-refractivity contribution < 1.29 is 80.2 Å². The van der Waals surface area contributed by atoms with Crippen LogP contribution in [0.5, 0.6) is 0 Å². The van der Waals surface area contributed by atoms with Crippen molar-refractivity contribution in [3.63, 3.8) is 0 Å². The van der Waals surface area contributed by atoms with Crippen LogP contribution < -0.4 is 0 Å². The summed E-state index contributed by atoms with van der Waals surface area (Å²) in [6.07, 6.45) is 62.7. The summed E-state index contributed by atoms with van der Waals surface area (Å²) >= 11 is 0. The molecule has 96 heavy (non-hydrogen) atoms. The normalized spacial score (nSPS) is 13.9. The van der Waals surface area contributed by atoms with Gasteiger partial charge in [0.1, 0.15) is 19.3 Å². The van der Waals surface area contributed by atoms with Gasteiger partial charge in [-0.25, -0.2) is 9.13 Å². The van der Waals surface area contributed by atoms with E-state index in [2.05, 4.69) is 27.7 Å². The van der Waals surface area contributed by atoms with Crippen molar-refractivity contribution in [2.24, 2.45) is 0 Å². The Balaban J connectivity index is 5.14. The molecule has 0 heterocycles. The lowest BCUT2D eigenvalue weighted by atomic mass is 10.0. The molecule has 17 nitrogen and oxygen atoms in total. The number of carbonyl (C=O) groups excluding carboxylic acids is 4. The highest BCUT2D eigenvalue weighted by molar-refractivity contribution is 7.47. The SMILES string of the molecule is CCCCCCCCCCCCCCCCCCCCCCCCC(=O)O[C@H](COC(=O)CCCCCCCCCCCCCCCCC)COP(=O)(O)OC[C@@H](O)COP(=O)(O)OC[C@@H](COC(=O)CCCCCCCCC)OC(=O)CCCCCCCCCCCCCC. The predicted octanol–water partition coefficient (Wildman–Crippen LogP) is 23.0. The Morgan fingerprint density at radius 2 is 0.417 bits per heavy atom. The van der Waals surface area contributed by atoms with Crippen LogP contribution in [0.4, 0.5) is 0 Å². The number of hydrogen-bond acceptors (Lipinski definition) is 15. The van der Waals surface area contributed by atoms with E-state index in [9.17, 15) is 43.2 Å². The van der Waals surface area contributed by atoms with Gasteiger partial charge in [0.05, 0.1) is 26.4 Å². The average Bonchev–Trinajstić information content (AvgIpc) is 2.31. The van der Waals surface area contributed by atoms with Crippen LogP contribution in [-0.4, -0.2) is 96.7 Å². The zero-order chi connectivity index (χ0) is 70.4. The third-order valence-electron chi connectivity index (χ3n) is 18.1. The van der Waals surface area contributed by atoms with Gasteiger partial charge in [-0.05, 0) is 25.7 Å². The molecule has 570 valence electrons. The van der Waals surface area contributed by atoms with Crippen LogP contribution in [-0.2, 0) is 65.4 Å². The van der Waals surface area contributed by atoms with E-state index in [0.717, 1.165) is 103 Å².